The first-order valence-electron chi connectivity index (χ1n) is 8.65. The second-order valence-electron chi connectivity index (χ2n) is 7.27. The minimum Gasteiger partial charge on any atom is -0.405 e. The number of ether oxygens (including phenoxy) is 2. The Morgan fingerprint density at radius 1 is 1.33 bits per heavy atom. The summed E-state index contributed by atoms with van der Waals surface area (Å²) in [6.07, 6.45) is -3.46. The quantitative estimate of drug-likeness (QED) is 0.377. The fraction of sp³-hybridized carbons (Fsp3) is 0.611. The maximum Gasteiger partial charge on any atom is 0.573 e. The molecule has 1 aliphatic heterocycles. The van der Waals surface area contributed by atoms with E-state index in [-0.39, 0.29) is 53.8 Å². The van der Waals surface area contributed by atoms with Crippen molar-refractivity contribution in [3.63, 3.8) is 0 Å². The maximum atomic E-state index is 12.5. The summed E-state index contributed by atoms with van der Waals surface area (Å²) in [4.78, 5) is 4.20. The van der Waals surface area contributed by atoms with Gasteiger partial charge in [-0.3, -0.25) is 4.99 Å². The zero-order chi connectivity index (χ0) is 18.9. The molecule has 3 unspecified atom stereocenters. The van der Waals surface area contributed by atoms with Crippen LogP contribution < -0.4 is 15.4 Å². The van der Waals surface area contributed by atoms with Crippen molar-refractivity contribution in [1.29, 1.82) is 0 Å². The second-order valence-corrected chi connectivity index (χ2v) is 7.27. The molecule has 152 valence electrons. The number of rotatable bonds is 4. The van der Waals surface area contributed by atoms with Gasteiger partial charge < -0.3 is 20.1 Å². The topological polar surface area (TPSA) is 54.9 Å². The monoisotopic (exact) mass is 499 g/mol. The highest BCUT2D eigenvalue weighted by Crippen LogP contribution is 2.52. The largest absolute Gasteiger partial charge is 0.573 e. The Labute approximate surface area is 174 Å². The van der Waals surface area contributed by atoms with Crippen molar-refractivity contribution in [2.45, 2.75) is 45.3 Å². The summed E-state index contributed by atoms with van der Waals surface area (Å²) in [5.74, 6) is 0.774. The molecule has 5 nitrogen and oxygen atoms in total. The van der Waals surface area contributed by atoms with Gasteiger partial charge in [0.25, 0.3) is 0 Å². The van der Waals surface area contributed by atoms with Gasteiger partial charge >= 0.3 is 6.36 Å². The zero-order valence-electron chi connectivity index (χ0n) is 15.5. The van der Waals surface area contributed by atoms with E-state index in [0.717, 1.165) is 13.0 Å². The molecule has 2 fully saturated rings. The van der Waals surface area contributed by atoms with E-state index in [1.807, 2.05) is 0 Å². The van der Waals surface area contributed by atoms with Crippen LogP contribution in [0.1, 0.15) is 25.8 Å². The molecule has 1 aromatic rings. The van der Waals surface area contributed by atoms with Crippen molar-refractivity contribution in [2.24, 2.45) is 16.3 Å². The van der Waals surface area contributed by atoms with Crippen molar-refractivity contribution >= 4 is 29.9 Å². The Balaban J connectivity index is 0.00000261. The Bertz CT molecular complexity index is 682. The molecule has 3 rings (SSSR count). The number of para-hydroxylation sites is 1. The summed E-state index contributed by atoms with van der Waals surface area (Å²) in [7, 11) is 1.64. The predicted molar refractivity (Wildman–Crippen MR) is 107 cm³/mol. The van der Waals surface area contributed by atoms with Gasteiger partial charge in [0.15, 0.2) is 5.96 Å². The number of nitrogens with one attached hydrogen (secondary N) is 2. The summed E-state index contributed by atoms with van der Waals surface area (Å²) in [6.45, 7) is 5.24. The van der Waals surface area contributed by atoms with E-state index in [4.69, 9.17) is 4.74 Å². The number of aliphatic imine (C=N–C) groups is 1. The predicted octanol–water partition coefficient (Wildman–Crippen LogP) is 3.68. The Hall–Kier alpha value is -1.23. The molecule has 0 bridgehead atoms. The van der Waals surface area contributed by atoms with Crippen LogP contribution in [0.2, 0.25) is 0 Å². The summed E-state index contributed by atoms with van der Waals surface area (Å²) in [5.41, 5.74) is 0.388. The minimum atomic E-state index is -4.72. The van der Waals surface area contributed by atoms with Gasteiger partial charge in [-0.25, -0.2) is 0 Å². The van der Waals surface area contributed by atoms with Crippen molar-refractivity contribution in [1.82, 2.24) is 10.6 Å². The zero-order valence-corrected chi connectivity index (χ0v) is 17.8. The Morgan fingerprint density at radius 3 is 2.70 bits per heavy atom. The molecule has 1 saturated carbocycles. The highest BCUT2D eigenvalue weighted by Gasteiger charge is 2.59. The molecule has 9 heteroatoms. The minimum absolute atomic E-state index is 0. The van der Waals surface area contributed by atoms with E-state index in [9.17, 15) is 13.2 Å². The molecule has 1 aliphatic carbocycles. The number of fused-ring (bicyclic) bond motifs is 1. The SMILES string of the molecule is CN=C(NCc1ccccc1OC(F)(F)F)NC1C2CCOC2C1(C)C.I. The van der Waals surface area contributed by atoms with Crippen LogP contribution in [0, 0.1) is 11.3 Å². The highest BCUT2D eigenvalue weighted by molar-refractivity contribution is 14.0. The third-order valence-corrected chi connectivity index (χ3v) is 5.26. The summed E-state index contributed by atoms with van der Waals surface area (Å²) in [6, 6.07) is 6.29. The van der Waals surface area contributed by atoms with Gasteiger partial charge in [-0.15, -0.1) is 37.1 Å². The lowest BCUT2D eigenvalue weighted by molar-refractivity contribution is -0.274. The van der Waals surface area contributed by atoms with Gasteiger partial charge in [-0.1, -0.05) is 32.0 Å². The number of alkyl halides is 3. The maximum absolute atomic E-state index is 12.5. The lowest BCUT2D eigenvalue weighted by Crippen LogP contribution is -2.67. The van der Waals surface area contributed by atoms with Gasteiger partial charge in [-0.05, 0) is 12.5 Å². The van der Waals surface area contributed by atoms with Crippen LogP contribution in [-0.4, -0.2) is 38.1 Å². The number of guanidine groups is 1. The highest BCUT2D eigenvalue weighted by atomic mass is 127. The number of benzene rings is 1. The fourth-order valence-corrected chi connectivity index (χ4v) is 4.01. The smallest absolute Gasteiger partial charge is 0.405 e. The van der Waals surface area contributed by atoms with Crippen LogP contribution >= 0.6 is 24.0 Å². The average molecular weight is 499 g/mol. The van der Waals surface area contributed by atoms with Gasteiger partial charge in [0.2, 0.25) is 0 Å². The first-order valence-corrected chi connectivity index (χ1v) is 8.65. The van der Waals surface area contributed by atoms with E-state index in [0.29, 0.717) is 17.4 Å². The molecule has 0 aromatic heterocycles. The molecule has 0 spiro atoms. The number of hydrogen-bond acceptors (Lipinski definition) is 3. The molecule has 27 heavy (non-hydrogen) atoms. The lowest BCUT2D eigenvalue weighted by Gasteiger charge is -2.54. The van der Waals surface area contributed by atoms with Crippen molar-refractivity contribution in [2.75, 3.05) is 13.7 Å². The fourth-order valence-electron chi connectivity index (χ4n) is 4.01. The molecule has 3 atom stereocenters. The van der Waals surface area contributed by atoms with Crippen LogP contribution in [0.15, 0.2) is 29.3 Å². The lowest BCUT2D eigenvalue weighted by atomic mass is 9.57. The third kappa shape index (κ3) is 4.79. The van der Waals surface area contributed by atoms with E-state index < -0.39 is 6.36 Å². The van der Waals surface area contributed by atoms with E-state index >= 15 is 0 Å². The van der Waals surface area contributed by atoms with Gasteiger partial charge in [0.05, 0.1) is 6.10 Å². The number of halogens is 4. The molecule has 0 amide bonds. The molecule has 1 aromatic carbocycles. The van der Waals surface area contributed by atoms with Crippen LogP contribution in [0.5, 0.6) is 5.75 Å². The molecule has 1 saturated heterocycles. The molecule has 1 heterocycles. The second kappa shape index (κ2) is 8.42. The number of nitrogens with zero attached hydrogens (tertiary/aromatic N) is 1. The molecule has 2 aliphatic rings. The van der Waals surface area contributed by atoms with E-state index in [2.05, 4.69) is 34.2 Å². The summed E-state index contributed by atoms with van der Waals surface area (Å²) in [5, 5.41) is 6.48. The normalized spacial score (nSPS) is 26.4. The van der Waals surface area contributed by atoms with Crippen molar-refractivity contribution in [3.8, 4) is 5.75 Å². The van der Waals surface area contributed by atoms with Crippen LogP contribution in [-0.2, 0) is 11.3 Å². The van der Waals surface area contributed by atoms with Crippen LogP contribution in [0.4, 0.5) is 13.2 Å². The van der Waals surface area contributed by atoms with Crippen molar-refractivity contribution in [3.05, 3.63) is 29.8 Å². The van der Waals surface area contributed by atoms with Gasteiger partial charge in [-0.2, -0.15) is 0 Å². The van der Waals surface area contributed by atoms with E-state index in [1.54, 1.807) is 19.2 Å². The van der Waals surface area contributed by atoms with Gasteiger partial charge in [0.1, 0.15) is 5.75 Å². The van der Waals surface area contributed by atoms with Crippen LogP contribution in [0.3, 0.4) is 0 Å². The number of hydrogen-bond donors (Lipinski definition) is 2. The van der Waals surface area contributed by atoms with E-state index in [1.165, 1.54) is 12.1 Å². The van der Waals surface area contributed by atoms with Gasteiger partial charge in [0, 0.05) is 43.1 Å². The first kappa shape index (κ1) is 22.1. The standard InChI is InChI=1S/C18H24F3N3O2.HI/c1-17(2)14(12-8-9-25-15(12)17)24-16(22-3)23-10-11-6-4-5-7-13(11)26-18(19,20)21;/h4-7,12,14-15H,8-10H2,1-3H3,(H2,22,23,24);1H. The third-order valence-electron chi connectivity index (χ3n) is 5.26. The molecule has 0 radical (unpaired) electrons. The molecular formula is C18H25F3IN3O2. The summed E-state index contributed by atoms with van der Waals surface area (Å²) >= 11 is 0. The molecular weight excluding hydrogens is 474 g/mol. The first-order chi connectivity index (χ1) is 12.2. The Morgan fingerprint density at radius 2 is 2.04 bits per heavy atom. The Kier molecular flexibility index (Phi) is 6.88. The van der Waals surface area contributed by atoms with Crippen LogP contribution in [0.25, 0.3) is 0 Å². The summed E-state index contributed by atoms with van der Waals surface area (Å²) < 4.78 is 47.5. The molecule has 2 N–H and O–H groups in total. The average Bonchev–Trinajstić information content (AvgIpc) is 3.02. The van der Waals surface area contributed by atoms with Crippen molar-refractivity contribution < 1.29 is 22.6 Å².